The summed E-state index contributed by atoms with van der Waals surface area (Å²) in [6.07, 6.45) is 4.37. The summed E-state index contributed by atoms with van der Waals surface area (Å²) in [5.41, 5.74) is 1.80. The molecule has 1 aliphatic rings. The van der Waals surface area contributed by atoms with Crippen LogP contribution in [0.15, 0.2) is 23.8 Å². The second-order valence-corrected chi connectivity index (χ2v) is 3.05. The molecule has 0 bridgehead atoms. The van der Waals surface area contributed by atoms with Crippen molar-refractivity contribution < 1.29 is 4.11 Å². The minimum Gasteiger partial charge on any atom is -0.0998 e. The van der Waals surface area contributed by atoms with Crippen LogP contribution in [0.25, 0.3) is 0 Å². The maximum absolute atomic E-state index is 7.24. The second kappa shape index (κ2) is 3.05. The van der Waals surface area contributed by atoms with Gasteiger partial charge in [-0.3, -0.25) is 0 Å². The molecule has 0 aromatic heterocycles. The van der Waals surface area contributed by atoms with E-state index in [1.54, 1.807) is 0 Å². The smallest absolute Gasteiger partial charge is 0.0276 e. The molecule has 0 aromatic rings. The molecule has 0 spiro atoms. The van der Waals surface area contributed by atoms with Gasteiger partial charge in [0.2, 0.25) is 0 Å². The molecular weight excluding hydrogens is 120 g/mol. The van der Waals surface area contributed by atoms with Gasteiger partial charge >= 0.3 is 0 Å². The van der Waals surface area contributed by atoms with Gasteiger partial charge in [0.15, 0.2) is 0 Å². The third kappa shape index (κ3) is 1.73. The minimum atomic E-state index is -1.87. The monoisotopic (exact) mass is 139 g/mol. The van der Waals surface area contributed by atoms with E-state index in [4.69, 9.17) is 4.11 Å². The molecule has 0 fully saturated rings. The molecule has 10 heavy (non-hydrogen) atoms. The predicted molar refractivity (Wildman–Crippen MR) is 45.9 cm³/mol. The van der Waals surface area contributed by atoms with Crippen molar-refractivity contribution in [3.8, 4) is 0 Å². The third-order valence-corrected chi connectivity index (χ3v) is 2.11. The Bertz CT molecular complexity index is 235. The van der Waals surface area contributed by atoms with Crippen molar-refractivity contribution in [2.24, 2.45) is 5.92 Å². The molecule has 1 aliphatic carbocycles. The van der Waals surface area contributed by atoms with Crippen LogP contribution in [0.3, 0.4) is 0 Å². The molecule has 0 heteroatoms. The van der Waals surface area contributed by atoms with Crippen LogP contribution in [0.4, 0.5) is 0 Å². The van der Waals surface area contributed by atoms with E-state index in [2.05, 4.69) is 6.58 Å². The van der Waals surface area contributed by atoms with Crippen LogP contribution in [-0.4, -0.2) is 0 Å². The first-order valence-corrected chi connectivity index (χ1v) is 3.76. The fourth-order valence-electron chi connectivity index (χ4n) is 1.28. The molecule has 0 N–H and O–H groups in total. The summed E-state index contributed by atoms with van der Waals surface area (Å²) in [4.78, 5) is 0. The van der Waals surface area contributed by atoms with Crippen LogP contribution in [0, 0.1) is 5.92 Å². The zero-order valence-corrected chi connectivity index (χ0v) is 6.48. The standard InChI is InChI=1S/C10H16/c1-8(2)10-6-4-9(3)5-7-10/h4,10H,1,5-7H2,2-3H3/t10-/m0/s1/i3D3. The summed E-state index contributed by atoms with van der Waals surface area (Å²) < 4.78 is 21.7. The van der Waals surface area contributed by atoms with Crippen molar-refractivity contribution >= 4 is 0 Å². The van der Waals surface area contributed by atoms with Crippen LogP contribution in [0.2, 0.25) is 0 Å². The Morgan fingerprint density at radius 2 is 2.70 bits per heavy atom. The van der Waals surface area contributed by atoms with Crippen molar-refractivity contribution in [3.05, 3.63) is 23.8 Å². The Balaban J connectivity index is 2.63. The van der Waals surface area contributed by atoms with E-state index in [-0.39, 0.29) is 0 Å². The lowest BCUT2D eigenvalue weighted by Crippen LogP contribution is -2.04. The summed E-state index contributed by atoms with van der Waals surface area (Å²) in [6, 6.07) is 0. The highest BCUT2D eigenvalue weighted by atomic mass is 14.2. The molecule has 0 nitrogen and oxygen atoms in total. The van der Waals surface area contributed by atoms with E-state index < -0.39 is 6.85 Å². The number of hydrogen-bond donors (Lipinski definition) is 0. The molecule has 0 aliphatic heterocycles. The summed E-state index contributed by atoms with van der Waals surface area (Å²) in [6.45, 7) is 4.03. The Hall–Kier alpha value is -0.520. The topological polar surface area (TPSA) is 0 Å². The van der Waals surface area contributed by atoms with E-state index in [1.807, 2.05) is 13.0 Å². The summed E-state index contributed by atoms with van der Waals surface area (Å²) in [5, 5.41) is 0. The molecule has 0 saturated heterocycles. The summed E-state index contributed by atoms with van der Waals surface area (Å²) in [5.74, 6) is 0.492. The quantitative estimate of drug-likeness (QED) is 0.489. The number of rotatable bonds is 1. The third-order valence-electron chi connectivity index (χ3n) is 2.11. The highest BCUT2D eigenvalue weighted by Gasteiger charge is 2.11. The van der Waals surface area contributed by atoms with E-state index in [9.17, 15) is 0 Å². The fourth-order valence-corrected chi connectivity index (χ4v) is 1.28. The molecular formula is C10H16. The first kappa shape index (κ1) is 4.38. The van der Waals surface area contributed by atoms with Crippen LogP contribution in [0.5, 0.6) is 0 Å². The van der Waals surface area contributed by atoms with Crippen molar-refractivity contribution in [2.45, 2.75) is 33.0 Å². The van der Waals surface area contributed by atoms with Gasteiger partial charge in [-0.15, -0.1) is 0 Å². The lowest BCUT2D eigenvalue weighted by Gasteiger charge is -2.19. The van der Waals surface area contributed by atoms with Crippen molar-refractivity contribution in [1.29, 1.82) is 0 Å². The molecule has 0 radical (unpaired) electrons. The van der Waals surface area contributed by atoms with E-state index in [1.165, 1.54) is 5.57 Å². The van der Waals surface area contributed by atoms with Crippen molar-refractivity contribution in [3.63, 3.8) is 0 Å². The molecule has 0 saturated carbocycles. The molecule has 0 amide bonds. The van der Waals surface area contributed by atoms with Crippen molar-refractivity contribution in [1.82, 2.24) is 0 Å². The van der Waals surface area contributed by atoms with E-state index in [0.29, 0.717) is 17.9 Å². The Kier molecular flexibility index (Phi) is 1.33. The Morgan fingerprint density at radius 3 is 3.10 bits per heavy atom. The molecule has 1 atom stereocenters. The lowest BCUT2D eigenvalue weighted by atomic mass is 9.86. The average molecular weight is 139 g/mol. The molecule has 0 unspecified atom stereocenters. The van der Waals surface area contributed by atoms with Gasteiger partial charge in [-0.05, 0) is 39.0 Å². The van der Waals surface area contributed by atoms with Crippen LogP contribution in [-0.2, 0) is 0 Å². The molecule has 56 valence electrons. The van der Waals surface area contributed by atoms with Gasteiger partial charge in [0, 0.05) is 4.11 Å². The Morgan fingerprint density at radius 1 is 1.90 bits per heavy atom. The summed E-state index contributed by atoms with van der Waals surface area (Å²) >= 11 is 0. The minimum absolute atomic E-state index is 0.492. The van der Waals surface area contributed by atoms with Crippen LogP contribution in [0.1, 0.15) is 37.2 Å². The van der Waals surface area contributed by atoms with Crippen LogP contribution >= 0.6 is 0 Å². The maximum atomic E-state index is 7.24. The van der Waals surface area contributed by atoms with E-state index in [0.717, 1.165) is 12.8 Å². The van der Waals surface area contributed by atoms with Gasteiger partial charge in [-0.25, -0.2) is 0 Å². The average Bonchev–Trinajstić information content (AvgIpc) is 2.03. The van der Waals surface area contributed by atoms with Gasteiger partial charge in [0.1, 0.15) is 0 Å². The Labute approximate surface area is 67.9 Å². The van der Waals surface area contributed by atoms with Gasteiger partial charge in [-0.2, -0.15) is 0 Å². The fraction of sp³-hybridized carbons (Fsp3) is 0.600. The maximum Gasteiger partial charge on any atom is 0.0276 e. The molecule has 0 aromatic carbocycles. The van der Waals surface area contributed by atoms with Gasteiger partial charge in [0.25, 0.3) is 0 Å². The number of hydrogen-bond acceptors (Lipinski definition) is 0. The second-order valence-electron chi connectivity index (χ2n) is 3.05. The zero-order valence-electron chi connectivity index (χ0n) is 9.48. The van der Waals surface area contributed by atoms with E-state index >= 15 is 0 Å². The highest BCUT2D eigenvalue weighted by Crippen LogP contribution is 2.27. The first-order valence-electron chi connectivity index (χ1n) is 5.26. The zero-order chi connectivity index (χ0) is 10.1. The van der Waals surface area contributed by atoms with Crippen LogP contribution < -0.4 is 0 Å². The number of allylic oxidation sites excluding steroid dienone is 3. The first-order chi connectivity index (χ1) is 5.91. The van der Waals surface area contributed by atoms with Gasteiger partial charge < -0.3 is 0 Å². The van der Waals surface area contributed by atoms with Crippen molar-refractivity contribution in [2.75, 3.05) is 0 Å². The normalized spacial score (nSPS) is 31.5. The molecule has 0 heterocycles. The van der Waals surface area contributed by atoms with Gasteiger partial charge in [-0.1, -0.05) is 23.8 Å². The van der Waals surface area contributed by atoms with Gasteiger partial charge in [0.05, 0.1) is 0 Å². The largest absolute Gasteiger partial charge is 0.0998 e. The predicted octanol–water partition coefficient (Wildman–Crippen LogP) is 3.31. The molecule has 1 rings (SSSR count). The highest BCUT2D eigenvalue weighted by molar-refractivity contribution is 5.09. The lowest BCUT2D eigenvalue weighted by molar-refractivity contribution is 0.540. The SMILES string of the molecule is [2H]C([2H])([2H])C1=CC[C@H](C(=C)C)CC1. The summed E-state index contributed by atoms with van der Waals surface area (Å²) in [7, 11) is 0.